The van der Waals surface area contributed by atoms with Crippen LogP contribution in [-0.4, -0.2) is 66.9 Å². The van der Waals surface area contributed by atoms with E-state index in [1.807, 2.05) is 9.80 Å². The first kappa shape index (κ1) is 26.9. The van der Waals surface area contributed by atoms with Crippen molar-refractivity contribution in [3.05, 3.63) is 81.2 Å². The Morgan fingerprint density at radius 1 is 0.923 bits per heavy atom. The second kappa shape index (κ2) is 11.6. The lowest BCUT2D eigenvalue weighted by atomic mass is 10.1. The van der Waals surface area contributed by atoms with Gasteiger partial charge in [0, 0.05) is 43.0 Å². The van der Waals surface area contributed by atoms with Crippen molar-refractivity contribution in [2.45, 2.75) is 6.42 Å². The van der Waals surface area contributed by atoms with Gasteiger partial charge in [-0.2, -0.15) is 0 Å². The molecule has 3 heterocycles. The minimum Gasteiger partial charge on any atom is -0.378 e. The molecule has 2 saturated heterocycles. The lowest BCUT2D eigenvalue weighted by Gasteiger charge is -2.33. The van der Waals surface area contributed by atoms with E-state index < -0.39 is 17.6 Å². The Morgan fingerprint density at radius 2 is 1.67 bits per heavy atom. The van der Waals surface area contributed by atoms with E-state index in [9.17, 15) is 9.59 Å². The molecule has 0 bridgehead atoms. The van der Waals surface area contributed by atoms with Crippen LogP contribution in [0.2, 0.25) is 10.0 Å². The van der Waals surface area contributed by atoms with E-state index in [1.165, 1.54) is 24.4 Å². The number of likely N-dealkylation sites (tertiary alicyclic amines) is 1. The highest BCUT2D eigenvalue weighted by Gasteiger charge is 2.26. The highest BCUT2D eigenvalue weighted by atomic mass is 35.5. The standard InChI is InChI=1S/C27H25Cl2FN6O3/c28-17-3-5-23(32-15-17)33-27(38)20-13-18(29)14-22(35-8-10-39-11-9-35)24(20)34-26(37)19-4-2-16(12-21(19)30)25(31)36-6-1-7-36/h2-5,12-15,31H,1,6-11H2,(H,34,37)(H,32,33,38). The maximum atomic E-state index is 15.1. The number of carbonyl (C=O) groups excluding carboxylic acids is 2. The molecule has 2 amide bonds. The first-order valence-electron chi connectivity index (χ1n) is 12.3. The summed E-state index contributed by atoms with van der Waals surface area (Å²) in [5, 5.41) is 14.4. The first-order valence-corrected chi connectivity index (χ1v) is 13.1. The van der Waals surface area contributed by atoms with Gasteiger partial charge in [0.2, 0.25) is 0 Å². The molecule has 5 rings (SSSR count). The molecular weight excluding hydrogens is 546 g/mol. The Balaban J connectivity index is 1.48. The van der Waals surface area contributed by atoms with Crippen LogP contribution in [0.25, 0.3) is 0 Å². The average molecular weight is 571 g/mol. The lowest BCUT2D eigenvalue weighted by Crippen LogP contribution is -2.42. The molecule has 2 aliphatic rings. The molecule has 0 unspecified atom stereocenters. The van der Waals surface area contributed by atoms with Crippen LogP contribution in [0, 0.1) is 11.2 Å². The normalized spacial score (nSPS) is 14.9. The molecule has 202 valence electrons. The third-order valence-corrected chi connectivity index (χ3v) is 6.99. The zero-order chi connectivity index (χ0) is 27.5. The second-order valence-electron chi connectivity index (χ2n) is 9.10. The number of hydrogen-bond acceptors (Lipinski definition) is 6. The largest absolute Gasteiger partial charge is 0.378 e. The summed E-state index contributed by atoms with van der Waals surface area (Å²) in [7, 11) is 0. The number of ether oxygens (including phenoxy) is 1. The maximum absolute atomic E-state index is 15.1. The van der Waals surface area contributed by atoms with Gasteiger partial charge < -0.3 is 25.2 Å². The maximum Gasteiger partial charge on any atom is 0.259 e. The van der Waals surface area contributed by atoms with Crippen LogP contribution in [0.1, 0.15) is 32.7 Å². The highest BCUT2D eigenvalue weighted by molar-refractivity contribution is 6.32. The highest BCUT2D eigenvalue weighted by Crippen LogP contribution is 2.35. The molecular formula is C27H25Cl2FN6O3. The van der Waals surface area contributed by atoms with Gasteiger partial charge in [0.05, 0.1) is 40.7 Å². The fourth-order valence-corrected chi connectivity index (χ4v) is 4.66. The molecule has 0 aliphatic carbocycles. The quantitative estimate of drug-likeness (QED) is 0.287. The predicted molar refractivity (Wildman–Crippen MR) is 149 cm³/mol. The van der Waals surface area contributed by atoms with Crippen LogP contribution in [0.5, 0.6) is 0 Å². The monoisotopic (exact) mass is 570 g/mol. The van der Waals surface area contributed by atoms with Crippen molar-refractivity contribution >= 4 is 58.0 Å². The zero-order valence-electron chi connectivity index (χ0n) is 20.8. The minimum atomic E-state index is -0.770. The fourth-order valence-electron chi connectivity index (χ4n) is 4.34. The van der Waals surface area contributed by atoms with Gasteiger partial charge in [0.25, 0.3) is 11.8 Å². The molecule has 3 aromatic rings. The number of carbonyl (C=O) groups is 2. The van der Waals surface area contributed by atoms with E-state index in [1.54, 1.807) is 24.3 Å². The van der Waals surface area contributed by atoms with Crippen molar-refractivity contribution < 1.29 is 18.7 Å². The van der Waals surface area contributed by atoms with E-state index in [-0.39, 0.29) is 33.5 Å². The summed E-state index contributed by atoms with van der Waals surface area (Å²) in [6.07, 6.45) is 2.38. The zero-order valence-corrected chi connectivity index (χ0v) is 22.3. The molecule has 9 nitrogen and oxygen atoms in total. The summed E-state index contributed by atoms with van der Waals surface area (Å²) in [4.78, 5) is 34.6. The van der Waals surface area contributed by atoms with Crippen LogP contribution in [0.3, 0.4) is 0 Å². The number of pyridine rings is 1. The third-order valence-electron chi connectivity index (χ3n) is 6.55. The van der Waals surface area contributed by atoms with Gasteiger partial charge in [0.15, 0.2) is 0 Å². The van der Waals surface area contributed by atoms with Gasteiger partial charge in [-0.1, -0.05) is 29.3 Å². The molecule has 2 aromatic carbocycles. The number of morpholine rings is 1. The van der Waals surface area contributed by atoms with Crippen molar-refractivity contribution in [3.8, 4) is 0 Å². The SMILES string of the molecule is N=C(c1ccc(C(=O)Nc2c(C(=O)Nc3ccc(Cl)cn3)cc(Cl)cc2N2CCOCC2)c(F)c1)N1CCC1. The van der Waals surface area contributed by atoms with Gasteiger partial charge in [-0.3, -0.25) is 15.0 Å². The van der Waals surface area contributed by atoms with Gasteiger partial charge in [-0.15, -0.1) is 0 Å². The van der Waals surface area contributed by atoms with E-state index in [2.05, 4.69) is 15.6 Å². The first-order chi connectivity index (χ1) is 18.8. The molecule has 2 aliphatic heterocycles. The van der Waals surface area contributed by atoms with Gasteiger partial charge in [-0.25, -0.2) is 9.37 Å². The molecule has 2 fully saturated rings. The van der Waals surface area contributed by atoms with Crippen molar-refractivity contribution in [2.75, 3.05) is 54.9 Å². The summed E-state index contributed by atoms with van der Waals surface area (Å²) in [6.45, 7) is 3.42. The third kappa shape index (κ3) is 5.98. The summed E-state index contributed by atoms with van der Waals surface area (Å²) in [5.41, 5.74) is 0.925. The van der Waals surface area contributed by atoms with E-state index >= 15 is 4.39 Å². The van der Waals surface area contributed by atoms with E-state index in [0.717, 1.165) is 19.5 Å². The number of halogens is 3. The van der Waals surface area contributed by atoms with E-state index in [4.69, 9.17) is 33.3 Å². The lowest BCUT2D eigenvalue weighted by molar-refractivity contribution is 0.102. The Labute approximate surface area is 234 Å². The molecule has 12 heteroatoms. The Hall–Kier alpha value is -3.73. The Morgan fingerprint density at radius 3 is 2.31 bits per heavy atom. The smallest absolute Gasteiger partial charge is 0.259 e. The van der Waals surface area contributed by atoms with Crippen molar-refractivity contribution in [1.82, 2.24) is 9.88 Å². The number of amides is 2. The number of anilines is 3. The molecule has 3 N–H and O–H groups in total. The van der Waals surface area contributed by atoms with Gasteiger partial charge >= 0.3 is 0 Å². The number of rotatable bonds is 6. The predicted octanol–water partition coefficient (Wildman–Crippen LogP) is 4.90. The Bertz CT molecular complexity index is 1430. The molecule has 39 heavy (non-hydrogen) atoms. The average Bonchev–Trinajstić information content (AvgIpc) is 2.90. The summed E-state index contributed by atoms with van der Waals surface area (Å²) < 4.78 is 20.6. The number of benzene rings is 2. The number of nitrogens with one attached hydrogen (secondary N) is 3. The van der Waals surface area contributed by atoms with Crippen LogP contribution in [-0.2, 0) is 4.74 Å². The number of nitrogens with zero attached hydrogens (tertiary/aromatic N) is 3. The van der Waals surface area contributed by atoms with Crippen molar-refractivity contribution in [3.63, 3.8) is 0 Å². The second-order valence-corrected chi connectivity index (χ2v) is 9.97. The summed E-state index contributed by atoms with van der Waals surface area (Å²) >= 11 is 12.3. The molecule has 0 atom stereocenters. The topological polar surface area (TPSA) is 111 Å². The van der Waals surface area contributed by atoms with Crippen molar-refractivity contribution in [1.29, 1.82) is 5.41 Å². The molecule has 0 radical (unpaired) electrons. The minimum absolute atomic E-state index is 0.0747. The number of amidine groups is 1. The molecule has 0 saturated carbocycles. The van der Waals surface area contributed by atoms with Gasteiger partial charge in [0.1, 0.15) is 17.5 Å². The summed E-state index contributed by atoms with van der Waals surface area (Å²) in [5.74, 6) is -1.62. The fraction of sp³-hybridized carbons (Fsp3) is 0.259. The van der Waals surface area contributed by atoms with Gasteiger partial charge in [-0.05, 0) is 42.8 Å². The molecule has 0 spiro atoms. The van der Waals surface area contributed by atoms with Crippen LogP contribution < -0.4 is 15.5 Å². The number of aromatic nitrogens is 1. The van der Waals surface area contributed by atoms with Crippen LogP contribution >= 0.6 is 23.2 Å². The Kier molecular flexibility index (Phi) is 7.97. The molecule has 1 aromatic heterocycles. The number of hydrogen-bond donors (Lipinski definition) is 3. The van der Waals surface area contributed by atoms with Crippen molar-refractivity contribution in [2.24, 2.45) is 0 Å². The summed E-state index contributed by atoms with van der Waals surface area (Å²) in [6, 6.07) is 10.3. The van der Waals surface area contributed by atoms with Crippen LogP contribution in [0.15, 0.2) is 48.7 Å². The van der Waals surface area contributed by atoms with E-state index in [0.29, 0.717) is 42.6 Å². The van der Waals surface area contributed by atoms with Crippen LogP contribution in [0.4, 0.5) is 21.6 Å².